The highest BCUT2D eigenvalue weighted by Gasteiger charge is 2.20. The molecule has 0 bridgehead atoms. The second kappa shape index (κ2) is 7.03. The lowest BCUT2D eigenvalue weighted by Gasteiger charge is -2.32. The maximum Gasteiger partial charge on any atom is 0.240 e. The van der Waals surface area contributed by atoms with Crippen molar-refractivity contribution < 1.29 is 4.79 Å². The Morgan fingerprint density at radius 2 is 2.18 bits per heavy atom. The summed E-state index contributed by atoms with van der Waals surface area (Å²) in [6.45, 7) is 3.67. The van der Waals surface area contributed by atoms with Gasteiger partial charge in [-0.25, -0.2) is 4.98 Å². The van der Waals surface area contributed by atoms with Crippen LogP contribution in [0.4, 0.5) is 5.13 Å². The maximum absolute atomic E-state index is 12.2. The van der Waals surface area contributed by atoms with Crippen LogP contribution in [0.5, 0.6) is 0 Å². The Labute approximate surface area is 135 Å². The molecule has 2 heterocycles. The summed E-state index contributed by atoms with van der Waals surface area (Å²) >= 11 is 1.47. The predicted octanol–water partition coefficient (Wildman–Crippen LogP) is 3.62. The van der Waals surface area contributed by atoms with Crippen molar-refractivity contribution in [2.45, 2.75) is 32.2 Å². The number of carbonyl (C=O) groups excluding carboxylic acids is 1. The summed E-state index contributed by atoms with van der Waals surface area (Å²) in [5.41, 5.74) is 1.98. The highest BCUT2D eigenvalue weighted by Crippen LogP contribution is 2.24. The molecule has 5 heteroatoms. The summed E-state index contributed by atoms with van der Waals surface area (Å²) in [7, 11) is 0. The molecular formula is C17H21N3OS. The van der Waals surface area contributed by atoms with Gasteiger partial charge in [-0.1, -0.05) is 36.8 Å². The van der Waals surface area contributed by atoms with Gasteiger partial charge in [0.25, 0.3) is 0 Å². The van der Waals surface area contributed by atoms with Gasteiger partial charge >= 0.3 is 0 Å². The van der Waals surface area contributed by atoms with Crippen molar-refractivity contribution in [1.82, 2.24) is 9.88 Å². The van der Waals surface area contributed by atoms with E-state index in [1.54, 1.807) is 0 Å². The van der Waals surface area contributed by atoms with Gasteiger partial charge in [-0.2, -0.15) is 0 Å². The third-order valence-corrected chi connectivity index (χ3v) is 4.87. The minimum atomic E-state index is 0.0303. The van der Waals surface area contributed by atoms with Crippen LogP contribution in [0.3, 0.4) is 0 Å². The molecule has 0 spiro atoms. The Kier molecular flexibility index (Phi) is 4.85. The van der Waals surface area contributed by atoms with Crippen molar-refractivity contribution in [2.24, 2.45) is 0 Å². The first-order chi connectivity index (χ1) is 10.7. The van der Waals surface area contributed by atoms with Crippen LogP contribution in [-0.2, 0) is 4.79 Å². The number of carbonyl (C=O) groups is 1. The molecule has 0 unspecified atom stereocenters. The van der Waals surface area contributed by atoms with Crippen LogP contribution in [-0.4, -0.2) is 34.9 Å². The molecule has 22 heavy (non-hydrogen) atoms. The second-order valence-electron chi connectivity index (χ2n) is 5.77. The Morgan fingerprint density at radius 1 is 1.36 bits per heavy atom. The summed E-state index contributed by atoms with van der Waals surface area (Å²) in [4.78, 5) is 18.9. The molecule has 1 N–H and O–H groups in total. The lowest BCUT2D eigenvalue weighted by molar-refractivity contribution is -0.118. The molecule has 1 aromatic heterocycles. The van der Waals surface area contributed by atoms with E-state index in [9.17, 15) is 4.79 Å². The van der Waals surface area contributed by atoms with E-state index < -0.39 is 0 Å². The number of aromatic nitrogens is 1. The van der Waals surface area contributed by atoms with Gasteiger partial charge in [-0.05, 0) is 26.3 Å². The Bertz CT molecular complexity index is 626. The molecule has 4 nitrogen and oxygen atoms in total. The van der Waals surface area contributed by atoms with E-state index in [1.807, 2.05) is 35.7 Å². The van der Waals surface area contributed by atoms with Crippen molar-refractivity contribution in [3.05, 3.63) is 35.7 Å². The summed E-state index contributed by atoms with van der Waals surface area (Å²) in [6.07, 6.45) is 3.64. The van der Waals surface area contributed by atoms with Gasteiger partial charge in [0.15, 0.2) is 5.13 Å². The number of piperidine rings is 1. The molecular weight excluding hydrogens is 294 g/mol. The van der Waals surface area contributed by atoms with E-state index in [0.717, 1.165) is 17.8 Å². The predicted molar refractivity (Wildman–Crippen MR) is 91.1 cm³/mol. The molecule has 3 rings (SSSR count). The van der Waals surface area contributed by atoms with Crippen LogP contribution < -0.4 is 5.32 Å². The fourth-order valence-electron chi connectivity index (χ4n) is 2.81. The van der Waals surface area contributed by atoms with E-state index in [-0.39, 0.29) is 5.91 Å². The molecule has 1 aromatic carbocycles. The summed E-state index contributed by atoms with van der Waals surface area (Å²) in [6, 6.07) is 10.5. The Balaban J connectivity index is 1.59. The van der Waals surface area contributed by atoms with Gasteiger partial charge in [0.1, 0.15) is 0 Å². The number of likely N-dealkylation sites (tertiary alicyclic amines) is 1. The lowest BCUT2D eigenvalue weighted by atomic mass is 10.0. The number of rotatable bonds is 4. The maximum atomic E-state index is 12.2. The smallest absolute Gasteiger partial charge is 0.240 e. The second-order valence-corrected chi connectivity index (χ2v) is 6.63. The Hall–Kier alpha value is -1.72. The molecule has 1 fully saturated rings. The number of nitrogens with zero attached hydrogens (tertiary/aromatic N) is 2. The Morgan fingerprint density at radius 3 is 2.95 bits per heavy atom. The number of anilines is 1. The number of hydrogen-bond donors (Lipinski definition) is 1. The molecule has 1 saturated heterocycles. The number of hydrogen-bond acceptors (Lipinski definition) is 4. The molecule has 0 radical (unpaired) electrons. The summed E-state index contributed by atoms with van der Waals surface area (Å²) in [5, 5.41) is 5.58. The average Bonchev–Trinajstić information content (AvgIpc) is 2.99. The molecule has 1 aliphatic rings. The van der Waals surface area contributed by atoms with Crippen molar-refractivity contribution in [1.29, 1.82) is 0 Å². The van der Waals surface area contributed by atoms with E-state index in [2.05, 4.69) is 22.1 Å². The van der Waals surface area contributed by atoms with E-state index in [1.165, 1.54) is 30.6 Å². The quantitative estimate of drug-likeness (QED) is 0.937. The summed E-state index contributed by atoms with van der Waals surface area (Å²) < 4.78 is 0. The van der Waals surface area contributed by atoms with Crippen molar-refractivity contribution in [3.63, 3.8) is 0 Å². The topological polar surface area (TPSA) is 45.2 Å². The molecule has 0 saturated carbocycles. The fourth-order valence-corrected chi connectivity index (χ4v) is 3.54. The van der Waals surface area contributed by atoms with Crippen molar-refractivity contribution in [3.8, 4) is 11.3 Å². The van der Waals surface area contributed by atoms with Gasteiger partial charge in [0.2, 0.25) is 5.91 Å². The highest BCUT2D eigenvalue weighted by molar-refractivity contribution is 7.14. The van der Waals surface area contributed by atoms with Crippen molar-refractivity contribution in [2.75, 3.05) is 18.4 Å². The monoisotopic (exact) mass is 315 g/mol. The summed E-state index contributed by atoms with van der Waals surface area (Å²) in [5.74, 6) is 0.0303. The van der Waals surface area contributed by atoms with Crippen molar-refractivity contribution >= 4 is 22.4 Å². The van der Waals surface area contributed by atoms with E-state index in [0.29, 0.717) is 17.7 Å². The van der Waals surface area contributed by atoms with Crippen LogP contribution in [0.25, 0.3) is 11.3 Å². The minimum Gasteiger partial charge on any atom is -0.301 e. The first-order valence-electron chi connectivity index (χ1n) is 7.77. The van der Waals surface area contributed by atoms with E-state index >= 15 is 0 Å². The van der Waals surface area contributed by atoms with Crippen LogP contribution in [0.2, 0.25) is 0 Å². The van der Waals surface area contributed by atoms with Crippen LogP contribution in [0.1, 0.15) is 26.2 Å². The molecule has 116 valence electrons. The van der Waals surface area contributed by atoms with Gasteiger partial charge in [0, 0.05) is 17.0 Å². The number of nitrogens with one attached hydrogen (secondary N) is 1. The zero-order valence-electron chi connectivity index (χ0n) is 12.8. The third-order valence-electron chi connectivity index (χ3n) is 4.11. The molecule has 1 atom stereocenters. The normalized spacial score (nSPS) is 19.0. The van der Waals surface area contributed by atoms with Crippen LogP contribution in [0.15, 0.2) is 35.7 Å². The number of thiazole rings is 1. The first kappa shape index (κ1) is 15.2. The number of benzene rings is 1. The highest BCUT2D eigenvalue weighted by atomic mass is 32.1. The van der Waals surface area contributed by atoms with Gasteiger partial charge in [-0.3, -0.25) is 9.69 Å². The zero-order chi connectivity index (χ0) is 15.4. The zero-order valence-corrected chi connectivity index (χ0v) is 13.6. The molecule has 1 amide bonds. The first-order valence-corrected chi connectivity index (χ1v) is 8.65. The largest absolute Gasteiger partial charge is 0.301 e. The minimum absolute atomic E-state index is 0.0303. The third kappa shape index (κ3) is 3.72. The van der Waals surface area contributed by atoms with Crippen LogP contribution in [0, 0.1) is 0 Å². The van der Waals surface area contributed by atoms with Gasteiger partial charge in [0.05, 0.1) is 12.2 Å². The molecule has 0 aliphatic carbocycles. The van der Waals surface area contributed by atoms with Crippen LogP contribution >= 0.6 is 11.3 Å². The van der Waals surface area contributed by atoms with E-state index in [4.69, 9.17) is 0 Å². The lowest BCUT2D eigenvalue weighted by Crippen LogP contribution is -2.42. The number of amides is 1. The van der Waals surface area contributed by atoms with Gasteiger partial charge in [-0.15, -0.1) is 11.3 Å². The average molecular weight is 315 g/mol. The SMILES string of the molecule is C[C@@H]1CCCCN1CC(=O)Nc1nc(-c2ccccc2)cs1. The standard InChI is InChI=1S/C17H21N3OS/c1-13-7-5-6-10-20(13)11-16(21)19-17-18-15(12-22-17)14-8-3-2-4-9-14/h2-4,8-9,12-13H,5-7,10-11H2,1H3,(H,18,19,21)/t13-/m1/s1. The van der Waals surface area contributed by atoms with Gasteiger partial charge < -0.3 is 5.32 Å². The fraction of sp³-hybridized carbons (Fsp3) is 0.412. The molecule has 2 aromatic rings. The molecule has 1 aliphatic heterocycles.